The van der Waals surface area contributed by atoms with Crippen molar-refractivity contribution in [2.45, 2.75) is 70.6 Å². The zero-order chi connectivity index (χ0) is 13.6. The first-order valence-corrected chi connectivity index (χ1v) is 7.58. The molecule has 1 saturated heterocycles. The Labute approximate surface area is 116 Å². The third-order valence-electron chi connectivity index (χ3n) is 4.73. The number of aryl methyl sites for hydroxylation is 1. The molecule has 0 saturated carbocycles. The third-order valence-corrected chi connectivity index (χ3v) is 4.73. The summed E-state index contributed by atoms with van der Waals surface area (Å²) in [6.45, 7) is 7.51. The van der Waals surface area contributed by atoms with Crippen molar-refractivity contribution in [2.75, 3.05) is 6.61 Å². The van der Waals surface area contributed by atoms with Gasteiger partial charge in [-0.1, -0.05) is 0 Å². The molecule has 1 aromatic heterocycles. The largest absolute Gasteiger partial charge is 0.375 e. The molecule has 3 rings (SSSR count). The Kier molecular flexibility index (Phi) is 3.22. The SMILES string of the molecule is Cc1cc2c(n1C1CCOC(C)(C)C1)CCCC2N. The lowest BCUT2D eigenvalue weighted by atomic mass is 9.91. The highest BCUT2D eigenvalue weighted by Gasteiger charge is 2.33. The molecule has 1 aliphatic carbocycles. The molecule has 19 heavy (non-hydrogen) atoms. The lowest BCUT2D eigenvalue weighted by molar-refractivity contribution is -0.0696. The number of aromatic nitrogens is 1. The van der Waals surface area contributed by atoms with E-state index in [1.165, 1.54) is 29.8 Å². The summed E-state index contributed by atoms with van der Waals surface area (Å²) < 4.78 is 8.43. The first kappa shape index (κ1) is 13.2. The van der Waals surface area contributed by atoms with Crippen molar-refractivity contribution in [1.82, 2.24) is 4.57 Å². The second-order valence-electron chi connectivity index (χ2n) is 6.81. The third kappa shape index (κ3) is 2.34. The highest BCUT2D eigenvalue weighted by Crippen LogP contribution is 2.38. The summed E-state index contributed by atoms with van der Waals surface area (Å²) >= 11 is 0. The van der Waals surface area contributed by atoms with E-state index in [4.69, 9.17) is 10.5 Å². The molecule has 1 aromatic rings. The molecule has 1 fully saturated rings. The van der Waals surface area contributed by atoms with E-state index in [1.807, 2.05) is 0 Å². The zero-order valence-corrected chi connectivity index (χ0v) is 12.4. The second-order valence-corrected chi connectivity index (χ2v) is 6.81. The van der Waals surface area contributed by atoms with Gasteiger partial charge in [0.1, 0.15) is 0 Å². The van der Waals surface area contributed by atoms with Gasteiger partial charge < -0.3 is 15.0 Å². The summed E-state index contributed by atoms with van der Waals surface area (Å²) in [7, 11) is 0. The van der Waals surface area contributed by atoms with Crippen LogP contribution in [0.3, 0.4) is 0 Å². The van der Waals surface area contributed by atoms with Crippen LogP contribution in [0.5, 0.6) is 0 Å². The number of nitrogens with two attached hydrogens (primary N) is 1. The molecule has 3 nitrogen and oxygen atoms in total. The van der Waals surface area contributed by atoms with Crippen molar-refractivity contribution >= 4 is 0 Å². The highest BCUT2D eigenvalue weighted by atomic mass is 16.5. The van der Waals surface area contributed by atoms with Crippen molar-refractivity contribution < 1.29 is 4.74 Å². The molecule has 2 aliphatic rings. The average Bonchev–Trinajstić information content (AvgIpc) is 2.66. The van der Waals surface area contributed by atoms with Crippen molar-refractivity contribution in [2.24, 2.45) is 5.73 Å². The van der Waals surface area contributed by atoms with Gasteiger partial charge in [-0.2, -0.15) is 0 Å². The van der Waals surface area contributed by atoms with Crippen LogP contribution in [-0.4, -0.2) is 16.8 Å². The van der Waals surface area contributed by atoms with E-state index in [1.54, 1.807) is 0 Å². The Bertz CT molecular complexity index is 475. The number of rotatable bonds is 1. The maximum absolute atomic E-state index is 6.27. The van der Waals surface area contributed by atoms with Crippen LogP contribution >= 0.6 is 0 Å². The van der Waals surface area contributed by atoms with Gasteiger partial charge in [0.15, 0.2) is 0 Å². The summed E-state index contributed by atoms with van der Waals surface area (Å²) in [5.74, 6) is 0. The molecule has 0 aromatic carbocycles. The van der Waals surface area contributed by atoms with Gasteiger partial charge in [0.05, 0.1) is 5.60 Å². The van der Waals surface area contributed by atoms with Crippen LogP contribution in [-0.2, 0) is 11.2 Å². The van der Waals surface area contributed by atoms with Crippen LogP contribution in [0.1, 0.15) is 68.6 Å². The van der Waals surface area contributed by atoms with Gasteiger partial charge in [-0.3, -0.25) is 0 Å². The average molecular weight is 262 g/mol. The van der Waals surface area contributed by atoms with Crippen molar-refractivity contribution in [1.29, 1.82) is 0 Å². The second kappa shape index (κ2) is 4.64. The number of fused-ring (bicyclic) bond motifs is 1. The Morgan fingerprint density at radius 1 is 1.37 bits per heavy atom. The standard InChI is InChI=1S/C16H26N2O/c1-11-9-13-14(17)5-4-6-15(13)18(11)12-7-8-19-16(2,3)10-12/h9,12,14H,4-8,10,17H2,1-3H3. The van der Waals surface area contributed by atoms with Gasteiger partial charge in [-0.15, -0.1) is 0 Å². The van der Waals surface area contributed by atoms with Gasteiger partial charge >= 0.3 is 0 Å². The first-order chi connectivity index (χ1) is 8.98. The maximum Gasteiger partial charge on any atom is 0.0646 e. The predicted molar refractivity (Wildman–Crippen MR) is 77.3 cm³/mol. The van der Waals surface area contributed by atoms with Gasteiger partial charge in [-0.05, 0) is 64.5 Å². The molecule has 0 spiro atoms. The summed E-state index contributed by atoms with van der Waals surface area (Å²) in [5, 5.41) is 0. The fraction of sp³-hybridized carbons (Fsp3) is 0.750. The Hall–Kier alpha value is -0.800. The van der Waals surface area contributed by atoms with Crippen LogP contribution in [0.25, 0.3) is 0 Å². The lowest BCUT2D eigenvalue weighted by Gasteiger charge is -2.38. The van der Waals surface area contributed by atoms with Crippen LogP contribution in [0.15, 0.2) is 6.07 Å². The van der Waals surface area contributed by atoms with E-state index in [0.717, 1.165) is 25.9 Å². The Morgan fingerprint density at radius 2 is 2.16 bits per heavy atom. The minimum atomic E-state index is 0.00327. The molecule has 106 valence electrons. The molecule has 3 heteroatoms. The molecule has 0 amide bonds. The molecule has 2 unspecified atom stereocenters. The van der Waals surface area contributed by atoms with Gasteiger partial charge in [-0.25, -0.2) is 0 Å². The normalized spacial score (nSPS) is 30.1. The topological polar surface area (TPSA) is 40.2 Å². The number of ether oxygens (including phenoxy) is 1. The minimum Gasteiger partial charge on any atom is -0.375 e. The van der Waals surface area contributed by atoms with Crippen molar-refractivity contribution in [3.63, 3.8) is 0 Å². The summed E-state index contributed by atoms with van der Waals surface area (Å²) in [6, 6.07) is 3.15. The Balaban J connectivity index is 1.96. The minimum absolute atomic E-state index is 0.00327. The zero-order valence-electron chi connectivity index (χ0n) is 12.4. The van der Waals surface area contributed by atoms with E-state index in [-0.39, 0.29) is 11.6 Å². The van der Waals surface area contributed by atoms with E-state index >= 15 is 0 Å². The molecule has 0 radical (unpaired) electrons. The van der Waals surface area contributed by atoms with Crippen LogP contribution in [0, 0.1) is 6.92 Å². The van der Waals surface area contributed by atoms with Gasteiger partial charge in [0.25, 0.3) is 0 Å². The van der Waals surface area contributed by atoms with E-state index in [2.05, 4.69) is 31.4 Å². The lowest BCUT2D eigenvalue weighted by Crippen LogP contribution is -2.36. The molecule has 2 heterocycles. The molecule has 1 aliphatic heterocycles. The molecule has 2 atom stereocenters. The smallest absolute Gasteiger partial charge is 0.0646 e. The highest BCUT2D eigenvalue weighted by molar-refractivity contribution is 5.33. The maximum atomic E-state index is 6.27. The van der Waals surface area contributed by atoms with E-state index in [0.29, 0.717) is 6.04 Å². The number of hydrogen-bond donors (Lipinski definition) is 1. The molecule has 0 bridgehead atoms. The summed E-state index contributed by atoms with van der Waals surface area (Å²) in [4.78, 5) is 0. The van der Waals surface area contributed by atoms with Gasteiger partial charge in [0, 0.05) is 30.1 Å². The van der Waals surface area contributed by atoms with Gasteiger partial charge in [0.2, 0.25) is 0 Å². The molecule has 2 N–H and O–H groups in total. The monoisotopic (exact) mass is 262 g/mol. The van der Waals surface area contributed by atoms with Crippen LogP contribution in [0.4, 0.5) is 0 Å². The first-order valence-electron chi connectivity index (χ1n) is 7.58. The number of nitrogens with zero attached hydrogens (tertiary/aromatic N) is 1. The Morgan fingerprint density at radius 3 is 2.89 bits per heavy atom. The van der Waals surface area contributed by atoms with Crippen molar-refractivity contribution in [3.8, 4) is 0 Å². The molecular formula is C16H26N2O. The molecular weight excluding hydrogens is 236 g/mol. The fourth-order valence-corrected chi connectivity index (χ4v) is 3.89. The van der Waals surface area contributed by atoms with Crippen molar-refractivity contribution in [3.05, 3.63) is 23.0 Å². The number of hydrogen-bond acceptors (Lipinski definition) is 2. The van der Waals surface area contributed by atoms with Crippen LogP contribution < -0.4 is 5.73 Å². The quantitative estimate of drug-likeness (QED) is 0.844. The predicted octanol–water partition coefficient (Wildman–Crippen LogP) is 3.26. The summed E-state index contributed by atoms with van der Waals surface area (Å²) in [6.07, 6.45) is 5.78. The van der Waals surface area contributed by atoms with E-state index in [9.17, 15) is 0 Å². The van der Waals surface area contributed by atoms with Crippen LogP contribution in [0.2, 0.25) is 0 Å². The van der Waals surface area contributed by atoms with E-state index < -0.39 is 0 Å². The summed E-state index contributed by atoms with van der Waals surface area (Å²) in [5.41, 5.74) is 10.6. The fourth-order valence-electron chi connectivity index (χ4n) is 3.89.